The van der Waals surface area contributed by atoms with Gasteiger partial charge in [-0.2, -0.15) is 5.10 Å². The first-order valence-electron chi connectivity index (χ1n) is 5.91. The van der Waals surface area contributed by atoms with Crippen LogP contribution < -0.4 is 10.5 Å². The molecule has 114 valence electrons. The number of halogens is 2. The molecule has 0 aliphatic carbocycles. The fourth-order valence-electron chi connectivity index (χ4n) is 1.87. The standard InChI is InChI=1S/C12H14BrClN4O2S/c1-6-4-8(13)10(5-9(6)14)17-21(19,20)11-7(2)18(3)16-12(11)15/h4-5,17H,1-3H3,(H2,15,16). The Morgan fingerprint density at radius 1 is 1.38 bits per heavy atom. The molecule has 0 radical (unpaired) electrons. The van der Waals surface area contributed by atoms with Gasteiger partial charge in [-0.1, -0.05) is 11.6 Å². The van der Waals surface area contributed by atoms with Gasteiger partial charge in [0.25, 0.3) is 10.0 Å². The molecule has 2 rings (SSSR count). The fourth-order valence-corrected chi connectivity index (χ4v) is 4.12. The Morgan fingerprint density at radius 3 is 2.52 bits per heavy atom. The Labute approximate surface area is 136 Å². The highest BCUT2D eigenvalue weighted by Gasteiger charge is 2.25. The Hall–Kier alpha value is -1.25. The Kier molecular flexibility index (Phi) is 4.23. The molecule has 0 spiro atoms. The van der Waals surface area contributed by atoms with Gasteiger partial charge in [0.15, 0.2) is 10.7 Å². The summed E-state index contributed by atoms with van der Waals surface area (Å²) in [5.74, 6) is -0.0446. The zero-order chi connectivity index (χ0) is 15.9. The van der Waals surface area contributed by atoms with Gasteiger partial charge >= 0.3 is 0 Å². The molecule has 9 heteroatoms. The van der Waals surface area contributed by atoms with Gasteiger partial charge in [0.1, 0.15) is 0 Å². The average molecular weight is 394 g/mol. The van der Waals surface area contributed by atoms with E-state index in [4.69, 9.17) is 17.3 Å². The number of rotatable bonds is 3. The lowest BCUT2D eigenvalue weighted by atomic mass is 10.2. The van der Waals surface area contributed by atoms with E-state index in [2.05, 4.69) is 25.8 Å². The number of anilines is 2. The second-order valence-electron chi connectivity index (χ2n) is 4.61. The fraction of sp³-hybridized carbons (Fsp3) is 0.250. The van der Waals surface area contributed by atoms with Crippen molar-refractivity contribution in [3.05, 3.63) is 32.9 Å². The molecule has 0 bridgehead atoms. The van der Waals surface area contributed by atoms with Gasteiger partial charge in [-0.05, 0) is 47.5 Å². The first-order chi connectivity index (χ1) is 9.63. The van der Waals surface area contributed by atoms with Crippen LogP contribution in [0.25, 0.3) is 0 Å². The summed E-state index contributed by atoms with van der Waals surface area (Å²) in [4.78, 5) is -0.0337. The van der Waals surface area contributed by atoms with Crippen molar-refractivity contribution in [2.45, 2.75) is 18.7 Å². The summed E-state index contributed by atoms with van der Waals surface area (Å²) in [5.41, 5.74) is 7.32. The van der Waals surface area contributed by atoms with Crippen molar-refractivity contribution in [1.29, 1.82) is 0 Å². The van der Waals surface area contributed by atoms with Crippen LogP contribution in [-0.4, -0.2) is 18.2 Å². The molecule has 0 unspecified atom stereocenters. The van der Waals surface area contributed by atoms with Gasteiger partial charge in [-0.3, -0.25) is 9.40 Å². The Morgan fingerprint density at radius 2 is 2.00 bits per heavy atom. The minimum absolute atomic E-state index is 0.0337. The Bertz CT molecular complexity index is 817. The van der Waals surface area contributed by atoms with Crippen molar-refractivity contribution in [2.24, 2.45) is 7.05 Å². The third-order valence-electron chi connectivity index (χ3n) is 3.07. The van der Waals surface area contributed by atoms with Crippen LogP contribution in [0.4, 0.5) is 11.5 Å². The van der Waals surface area contributed by atoms with E-state index < -0.39 is 10.0 Å². The third-order valence-corrected chi connectivity index (χ3v) is 5.66. The predicted octanol–water partition coefficient (Wildman–Crippen LogP) is 2.84. The van der Waals surface area contributed by atoms with Crippen molar-refractivity contribution >= 4 is 49.1 Å². The number of benzene rings is 1. The number of aryl methyl sites for hydroxylation is 2. The third kappa shape index (κ3) is 3.02. The minimum atomic E-state index is -3.85. The molecule has 1 heterocycles. The lowest BCUT2D eigenvalue weighted by Crippen LogP contribution is -2.15. The monoisotopic (exact) mass is 392 g/mol. The van der Waals surface area contributed by atoms with E-state index in [1.165, 1.54) is 4.68 Å². The first-order valence-corrected chi connectivity index (χ1v) is 8.56. The number of aromatic nitrogens is 2. The molecule has 0 amide bonds. The summed E-state index contributed by atoms with van der Waals surface area (Å²) in [5, 5.41) is 4.37. The van der Waals surface area contributed by atoms with Crippen LogP contribution in [-0.2, 0) is 17.1 Å². The summed E-state index contributed by atoms with van der Waals surface area (Å²) >= 11 is 9.34. The van der Waals surface area contributed by atoms with E-state index in [-0.39, 0.29) is 10.7 Å². The van der Waals surface area contributed by atoms with E-state index in [0.717, 1.165) is 5.56 Å². The molecule has 3 N–H and O–H groups in total. The minimum Gasteiger partial charge on any atom is -0.381 e. The van der Waals surface area contributed by atoms with Crippen molar-refractivity contribution in [3.8, 4) is 0 Å². The quantitative estimate of drug-likeness (QED) is 0.839. The number of hydrogen-bond donors (Lipinski definition) is 2. The summed E-state index contributed by atoms with van der Waals surface area (Å²) in [7, 11) is -2.22. The lowest BCUT2D eigenvalue weighted by molar-refractivity contribution is 0.600. The van der Waals surface area contributed by atoms with Gasteiger partial charge in [-0.25, -0.2) is 8.42 Å². The van der Waals surface area contributed by atoms with Crippen molar-refractivity contribution < 1.29 is 8.42 Å². The zero-order valence-electron chi connectivity index (χ0n) is 11.6. The zero-order valence-corrected chi connectivity index (χ0v) is 14.8. The number of hydrogen-bond acceptors (Lipinski definition) is 4. The molecule has 21 heavy (non-hydrogen) atoms. The summed E-state index contributed by atoms with van der Waals surface area (Å²) in [6, 6.07) is 3.28. The lowest BCUT2D eigenvalue weighted by Gasteiger charge is -2.11. The van der Waals surface area contributed by atoms with Gasteiger partial charge in [0.05, 0.1) is 11.4 Å². The van der Waals surface area contributed by atoms with Crippen LogP contribution in [0.2, 0.25) is 5.02 Å². The molecule has 0 fully saturated rings. The number of nitrogen functional groups attached to an aromatic ring is 1. The normalized spacial score (nSPS) is 11.7. The smallest absolute Gasteiger partial charge is 0.267 e. The summed E-state index contributed by atoms with van der Waals surface area (Å²) in [6.07, 6.45) is 0. The maximum Gasteiger partial charge on any atom is 0.267 e. The van der Waals surface area contributed by atoms with Crippen molar-refractivity contribution in [3.63, 3.8) is 0 Å². The van der Waals surface area contributed by atoms with E-state index in [0.29, 0.717) is 20.9 Å². The topological polar surface area (TPSA) is 90.0 Å². The van der Waals surface area contributed by atoms with Crippen LogP contribution in [0.5, 0.6) is 0 Å². The highest BCUT2D eigenvalue weighted by Crippen LogP contribution is 2.32. The van der Waals surface area contributed by atoms with Crippen LogP contribution >= 0.6 is 27.5 Å². The molecule has 0 saturated carbocycles. The van der Waals surface area contributed by atoms with Gasteiger partial charge in [0, 0.05) is 16.5 Å². The number of nitrogens with two attached hydrogens (primary N) is 1. The van der Waals surface area contributed by atoms with Crippen LogP contribution in [0, 0.1) is 13.8 Å². The summed E-state index contributed by atoms with van der Waals surface area (Å²) < 4.78 is 29.5. The van der Waals surface area contributed by atoms with Gasteiger partial charge in [-0.15, -0.1) is 0 Å². The van der Waals surface area contributed by atoms with Crippen LogP contribution in [0.3, 0.4) is 0 Å². The molecule has 1 aromatic carbocycles. The second-order valence-corrected chi connectivity index (χ2v) is 7.49. The largest absolute Gasteiger partial charge is 0.381 e. The maximum absolute atomic E-state index is 12.5. The van der Waals surface area contributed by atoms with Gasteiger partial charge in [0.2, 0.25) is 0 Å². The number of sulfonamides is 1. The molecular weight excluding hydrogens is 380 g/mol. The van der Waals surface area contributed by atoms with Gasteiger partial charge < -0.3 is 5.73 Å². The van der Waals surface area contributed by atoms with Crippen LogP contribution in [0.15, 0.2) is 21.5 Å². The highest BCUT2D eigenvalue weighted by molar-refractivity contribution is 9.10. The average Bonchev–Trinajstić information content (AvgIpc) is 2.60. The molecule has 0 aliphatic rings. The van der Waals surface area contributed by atoms with E-state index in [9.17, 15) is 8.42 Å². The van der Waals surface area contributed by atoms with Crippen molar-refractivity contribution in [2.75, 3.05) is 10.5 Å². The van der Waals surface area contributed by atoms with Crippen LogP contribution in [0.1, 0.15) is 11.3 Å². The van der Waals surface area contributed by atoms with E-state index in [1.54, 1.807) is 26.1 Å². The molecule has 0 saturated heterocycles. The number of nitrogens with zero attached hydrogens (tertiary/aromatic N) is 2. The molecule has 6 nitrogen and oxygen atoms in total. The SMILES string of the molecule is Cc1cc(Br)c(NS(=O)(=O)c2c(N)nn(C)c2C)cc1Cl. The maximum atomic E-state index is 12.5. The molecule has 0 atom stereocenters. The second kappa shape index (κ2) is 5.51. The first kappa shape index (κ1) is 16.1. The van der Waals surface area contributed by atoms with E-state index >= 15 is 0 Å². The van der Waals surface area contributed by atoms with E-state index in [1.807, 2.05) is 6.92 Å². The summed E-state index contributed by atoms with van der Waals surface area (Å²) in [6.45, 7) is 3.46. The molecule has 2 aromatic rings. The number of nitrogens with one attached hydrogen (secondary N) is 1. The Balaban J connectivity index is 2.50. The predicted molar refractivity (Wildman–Crippen MR) is 87.1 cm³/mol. The molecule has 1 aromatic heterocycles. The highest BCUT2D eigenvalue weighted by atomic mass is 79.9. The van der Waals surface area contributed by atoms with Crippen molar-refractivity contribution in [1.82, 2.24) is 9.78 Å². The molecule has 0 aliphatic heterocycles. The molecular formula is C12H14BrClN4O2S.